The molecule has 2 atom stereocenters. The predicted octanol–water partition coefficient (Wildman–Crippen LogP) is 1.29. The molecule has 0 rings (SSSR count). The van der Waals surface area contributed by atoms with Gasteiger partial charge in [-0.1, -0.05) is 20.8 Å². The lowest BCUT2D eigenvalue weighted by Crippen LogP contribution is -2.17. The molecular formula is C10H21NO3S. The highest BCUT2D eigenvalue weighted by Gasteiger charge is 2.17. The summed E-state index contributed by atoms with van der Waals surface area (Å²) in [6.07, 6.45) is 1.88. The van der Waals surface area contributed by atoms with E-state index in [9.17, 15) is 9.00 Å². The van der Waals surface area contributed by atoms with Crippen molar-refractivity contribution in [2.75, 3.05) is 18.6 Å². The van der Waals surface area contributed by atoms with Crippen molar-refractivity contribution in [3.63, 3.8) is 0 Å². The SMILES string of the molecule is CC(C)[C@@H](C)C(=O)N=S(C)(=O)CCCO. The van der Waals surface area contributed by atoms with Crippen molar-refractivity contribution < 1.29 is 14.1 Å². The molecule has 0 saturated heterocycles. The minimum absolute atomic E-state index is 0.0196. The van der Waals surface area contributed by atoms with Crippen LogP contribution in [0.2, 0.25) is 0 Å². The summed E-state index contributed by atoms with van der Waals surface area (Å²) in [7, 11) is -2.46. The second kappa shape index (κ2) is 6.23. The zero-order chi connectivity index (χ0) is 12.1. The van der Waals surface area contributed by atoms with Gasteiger partial charge in [-0.2, -0.15) is 4.36 Å². The highest BCUT2D eigenvalue weighted by atomic mass is 32.2. The van der Waals surface area contributed by atoms with Crippen LogP contribution in [0.1, 0.15) is 27.2 Å². The molecule has 0 aliphatic carbocycles. The lowest BCUT2D eigenvalue weighted by atomic mass is 9.98. The van der Waals surface area contributed by atoms with Gasteiger partial charge in [-0.15, -0.1) is 0 Å². The first-order chi connectivity index (χ1) is 6.80. The first kappa shape index (κ1) is 14.6. The quantitative estimate of drug-likeness (QED) is 0.780. The summed E-state index contributed by atoms with van der Waals surface area (Å²) in [6.45, 7) is 5.64. The second-order valence-corrected chi connectivity index (χ2v) is 6.71. The van der Waals surface area contributed by atoms with Gasteiger partial charge in [0.05, 0.1) is 9.73 Å². The van der Waals surface area contributed by atoms with Crippen molar-refractivity contribution in [2.45, 2.75) is 27.2 Å². The first-order valence-corrected chi connectivity index (χ1v) is 7.24. The zero-order valence-electron chi connectivity index (χ0n) is 9.90. The van der Waals surface area contributed by atoms with E-state index in [-0.39, 0.29) is 30.1 Å². The smallest absolute Gasteiger partial charge is 0.256 e. The van der Waals surface area contributed by atoms with Gasteiger partial charge in [0.1, 0.15) is 0 Å². The van der Waals surface area contributed by atoms with Gasteiger partial charge in [0.15, 0.2) is 0 Å². The van der Waals surface area contributed by atoms with E-state index < -0.39 is 9.73 Å². The Morgan fingerprint density at radius 2 is 1.93 bits per heavy atom. The maximum Gasteiger partial charge on any atom is 0.256 e. The topological polar surface area (TPSA) is 66.7 Å². The molecule has 0 aromatic carbocycles. The van der Waals surface area contributed by atoms with Crippen LogP contribution in [-0.4, -0.2) is 33.8 Å². The third-order valence-corrected chi connectivity index (χ3v) is 3.97. The molecule has 0 aliphatic rings. The van der Waals surface area contributed by atoms with E-state index >= 15 is 0 Å². The predicted molar refractivity (Wildman–Crippen MR) is 62.1 cm³/mol. The van der Waals surface area contributed by atoms with Gasteiger partial charge in [-0.05, 0) is 12.3 Å². The summed E-state index contributed by atoms with van der Waals surface area (Å²) >= 11 is 0. The molecule has 5 heteroatoms. The normalized spacial score (nSPS) is 17.2. The third kappa shape index (κ3) is 5.89. The highest BCUT2D eigenvalue weighted by molar-refractivity contribution is 7.93. The number of aliphatic hydroxyl groups excluding tert-OH is 1. The van der Waals surface area contributed by atoms with E-state index in [1.807, 2.05) is 13.8 Å². The molecule has 0 spiro atoms. The lowest BCUT2D eigenvalue weighted by molar-refractivity contribution is -0.122. The number of amides is 1. The fraction of sp³-hybridized carbons (Fsp3) is 0.900. The number of rotatable bonds is 5. The van der Waals surface area contributed by atoms with Gasteiger partial charge < -0.3 is 5.11 Å². The molecule has 1 unspecified atom stereocenters. The van der Waals surface area contributed by atoms with Crippen LogP contribution in [0, 0.1) is 11.8 Å². The maximum atomic E-state index is 11.8. The summed E-state index contributed by atoms with van der Waals surface area (Å²) in [5, 5.41) is 8.61. The number of carbonyl (C=O) groups is 1. The highest BCUT2D eigenvalue weighted by Crippen LogP contribution is 2.12. The average molecular weight is 235 g/mol. The van der Waals surface area contributed by atoms with Crippen LogP contribution in [0.5, 0.6) is 0 Å². The third-order valence-electron chi connectivity index (χ3n) is 2.35. The van der Waals surface area contributed by atoms with Gasteiger partial charge in [-0.3, -0.25) is 4.79 Å². The van der Waals surface area contributed by atoms with E-state index in [1.54, 1.807) is 6.92 Å². The lowest BCUT2D eigenvalue weighted by Gasteiger charge is -2.11. The molecule has 90 valence electrons. The van der Waals surface area contributed by atoms with Crippen molar-refractivity contribution in [2.24, 2.45) is 16.2 Å². The first-order valence-electron chi connectivity index (χ1n) is 5.14. The molecule has 0 bridgehead atoms. The molecule has 0 aromatic rings. The van der Waals surface area contributed by atoms with Crippen LogP contribution in [0.15, 0.2) is 4.36 Å². The molecule has 15 heavy (non-hydrogen) atoms. The molecule has 0 aromatic heterocycles. The number of hydrogen-bond donors (Lipinski definition) is 1. The molecule has 1 N–H and O–H groups in total. The Bertz CT molecular complexity index is 317. The number of aliphatic hydroxyl groups is 1. The van der Waals surface area contributed by atoms with Crippen LogP contribution in [0.4, 0.5) is 0 Å². The van der Waals surface area contributed by atoms with Crippen molar-refractivity contribution in [1.29, 1.82) is 0 Å². The van der Waals surface area contributed by atoms with Crippen LogP contribution in [0.3, 0.4) is 0 Å². The van der Waals surface area contributed by atoms with E-state index in [2.05, 4.69) is 4.36 Å². The van der Waals surface area contributed by atoms with Crippen LogP contribution < -0.4 is 0 Å². The van der Waals surface area contributed by atoms with Gasteiger partial charge in [-0.25, -0.2) is 4.21 Å². The maximum absolute atomic E-state index is 11.8. The van der Waals surface area contributed by atoms with E-state index in [1.165, 1.54) is 6.26 Å². The van der Waals surface area contributed by atoms with E-state index in [0.29, 0.717) is 6.42 Å². The molecule has 4 nitrogen and oxygen atoms in total. The Labute approximate surface area is 92.3 Å². The monoisotopic (exact) mass is 235 g/mol. The van der Waals surface area contributed by atoms with Gasteiger partial charge in [0, 0.05) is 24.5 Å². The molecule has 0 fully saturated rings. The number of hydrogen-bond acceptors (Lipinski definition) is 3. The molecule has 0 radical (unpaired) electrons. The minimum atomic E-state index is -2.46. The molecule has 0 saturated carbocycles. The summed E-state index contributed by atoms with van der Waals surface area (Å²) < 4.78 is 15.5. The second-order valence-electron chi connectivity index (χ2n) is 4.20. The number of carbonyl (C=O) groups excluding carboxylic acids is 1. The minimum Gasteiger partial charge on any atom is -0.396 e. The van der Waals surface area contributed by atoms with Gasteiger partial charge in [0.25, 0.3) is 5.91 Å². The van der Waals surface area contributed by atoms with E-state index in [0.717, 1.165) is 0 Å². The Morgan fingerprint density at radius 3 is 2.33 bits per heavy atom. The van der Waals surface area contributed by atoms with Crippen molar-refractivity contribution in [3.8, 4) is 0 Å². The van der Waals surface area contributed by atoms with Crippen LogP contribution in [0.25, 0.3) is 0 Å². The Hall–Kier alpha value is -0.420. The van der Waals surface area contributed by atoms with Crippen LogP contribution in [-0.2, 0) is 14.5 Å². The Morgan fingerprint density at radius 1 is 1.40 bits per heavy atom. The van der Waals surface area contributed by atoms with Crippen molar-refractivity contribution >= 4 is 15.6 Å². The molecule has 0 heterocycles. The summed E-state index contributed by atoms with van der Waals surface area (Å²) in [5.41, 5.74) is 0. The molecule has 1 amide bonds. The largest absolute Gasteiger partial charge is 0.396 e. The summed E-state index contributed by atoms with van der Waals surface area (Å²) in [6, 6.07) is 0. The van der Waals surface area contributed by atoms with Crippen LogP contribution >= 0.6 is 0 Å². The zero-order valence-corrected chi connectivity index (χ0v) is 10.7. The van der Waals surface area contributed by atoms with Gasteiger partial charge >= 0.3 is 0 Å². The van der Waals surface area contributed by atoms with Crippen molar-refractivity contribution in [1.82, 2.24) is 0 Å². The van der Waals surface area contributed by atoms with E-state index in [4.69, 9.17) is 5.11 Å². The Kier molecular flexibility index (Phi) is 6.05. The van der Waals surface area contributed by atoms with Crippen molar-refractivity contribution in [3.05, 3.63) is 0 Å². The fourth-order valence-corrected chi connectivity index (χ4v) is 2.24. The number of nitrogens with zero attached hydrogens (tertiary/aromatic N) is 1. The standard InChI is InChI=1S/C10H21NO3S/c1-8(2)9(3)10(13)11-15(4,14)7-5-6-12/h8-9,12H,5-7H2,1-4H3/t9-,15?/m1/s1. The summed E-state index contributed by atoms with van der Waals surface area (Å²) in [5.74, 6) is -0.00954. The molecule has 0 aliphatic heterocycles. The summed E-state index contributed by atoms with van der Waals surface area (Å²) in [4.78, 5) is 11.6. The average Bonchev–Trinajstić information content (AvgIpc) is 2.12. The van der Waals surface area contributed by atoms with Gasteiger partial charge in [0.2, 0.25) is 0 Å². The fourth-order valence-electron chi connectivity index (χ4n) is 0.937. The Balaban J connectivity index is 4.59. The molecular weight excluding hydrogens is 214 g/mol.